The quantitative estimate of drug-likeness (QED) is 0.531. The first-order valence-corrected chi connectivity index (χ1v) is 8.36. The van der Waals surface area contributed by atoms with Gasteiger partial charge < -0.3 is 9.64 Å². The van der Waals surface area contributed by atoms with E-state index in [1.54, 1.807) is 0 Å². The van der Waals surface area contributed by atoms with Gasteiger partial charge in [-0.3, -0.25) is 0 Å². The van der Waals surface area contributed by atoms with Crippen molar-refractivity contribution in [3.8, 4) is 0 Å². The van der Waals surface area contributed by atoms with Crippen molar-refractivity contribution < 1.29 is 14.0 Å². The summed E-state index contributed by atoms with van der Waals surface area (Å²) in [6, 6.07) is 8.52. The Kier molecular flexibility index (Phi) is 4.82. The molecular weight excluding hydrogens is 379 g/mol. The van der Waals surface area contributed by atoms with Crippen molar-refractivity contribution in [2.24, 2.45) is 0 Å². The number of hydrogen-bond donors (Lipinski definition) is 0. The van der Waals surface area contributed by atoms with Gasteiger partial charge in [-0.25, -0.2) is 4.48 Å². The number of quaternary nitrogens is 1. The van der Waals surface area contributed by atoms with Gasteiger partial charge in [-0.2, -0.15) is 4.79 Å². The second-order valence-corrected chi connectivity index (χ2v) is 8.03. The van der Waals surface area contributed by atoms with Crippen LogP contribution in [0, 0.1) is 3.57 Å². The minimum Gasteiger partial charge on any atom is -0.414 e. The van der Waals surface area contributed by atoms with Gasteiger partial charge in [-0.05, 0) is 67.6 Å². The summed E-state index contributed by atoms with van der Waals surface area (Å²) >= 11 is 2.31. The predicted molar refractivity (Wildman–Crippen MR) is 93.5 cm³/mol. The van der Waals surface area contributed by atoms with Gasteiger partial charge in [0.2, 0.25) is 0 Å². The zero-order valence-electron chi connectivity index (χ0n) is 13.2. The maximum atomic E-state index is 12.4. The fraction of sp³-hybridized carbons (Fsp3) is 0.562. The van der Waals surface area contributed by atoms with Gasteiger partial charge in [0.15, 0.2) is 0 Å². The Morgan fingerprint density at radius 3 is 2.19 bits per heavy atom. The van der Waals surface area contributed by atoms with Crippen LogP contribution in [0.5, 0.6) is 0 Å². The number of piperazine rings is 1. The molecular formula is C16H24IN2O2+. The van der Waals surface area contributed by atoms with Crippen LogP contribution in [0.4, 0.5) is 10.5 Å². The number of ether oxygens (including phenoxy) is 1. The first kappa shape index (κ1) is 16.5. The zero-order chi connectivity index (χ0) is 15.7. The molecule has 2 rings (SSSR count). The molecule has 0 radical (unpaired) electrons. The minimum absolute atomic E-state index is 0.121. The highest BCUT2D eigenvalue weighted by molar-refractivity contribution is 14.1. The van der Waals surface area contributed by atoms with Gasteiger partial charge >= 0.3 is 6.09 Å². The molecule has 0 aromatic heterocycles. The van der Waals surface area contributed by atoms with E-state index in [0.29, 0.717) is 4.48 Å². The fourth-order valence-corrected chi connectivity index (χ4v) is 2.73. The number of hydrogen-bond acceptors (Lipinski definition) is 3. The van der Waals surface area contributed by atoms with Gasteiger partial charge in [0.25, 0.3) is 0 Å². The molecule has 0 N–H and O–H groups in total. The molecule has 1 amide bonds. The number of rotatable bonds is 1. The lowest BCUT2D eigenvalue weighted by Crippen LogP contribution is -2.61. The number of benzene rings is 1. The molecule has 0 aliphatic carbocycles. The van der Waals surface area contributed by atoms with Gasteiger partial charge in [-0.1, -0.05) is 0 Å². The second-order valence-electron chi connectivity index (χ2n) is 6.79. The summed E-state index contributed by atoms with van der Waals surface area (Å²) in [6.45, 7) is 9.05. The summed E-state index contributed by atoms with van der Waals surface area (Å²) in [5.74, 6) is 0. The van der Waals surface area contributed by atoms with E-state index in [9.17, 15) is 4.79 Å². The van der Waals surface area contributed by atoms with E-state index >= 15 is 0 Å². The Morgan fingerprint density at radius 2 is 1.71 bits per heavy atom. The van der Waals surface area contributed by atoms with E-state index in [0.717, 1.165) is 26.2 Å². The predicted octanol–water partition coefficient (Wildman–Crippen LogP) is 3.49. The number of halogens is 1. The van der Waals surface area contributed by atoms with Crippen LogP contribution in [0.1, 0.15) is 20.8 Å². The highest BCUT2D eigenvalue weighted by Crippen LogP contribution is 2.22. The number of likely N-dealkylation sites (N-methyl/N-ethyl adjacent to an activating group) is 1. The molecule has 1 heterocycles. The molecule has 1 aromatic carbocycles. The summed E-state index contributed by atoms with van der Waals surface area (Å²) in [5.41, 5.74) is 0.803. The molecule has 0 unspecified atom stereocenters. The standard InChI is InChI=1S/C16H24IN2O2/c1-16(2,3)21-15(20)19(4)11-9-18(10-12-19)14-7-5-13(17)6-8-14/h5-8H,9-12H2,1-4H3/q+1. The van der Waals surface area contributed by atoms with E-state index in [1.165, 1.54) is 9.26 Å². The van der Waals surface area contributed by atoms with Crippen LogP contribution < -0.4 is 4.90 Å². The Hall–Kier alpha value is -0.820. The number of amides is 1. The number of nitrogens with zero attached hydrogens (tertiary/aromatic N) is 2. The second kappa shape index (κ2) is 6.12. The van der Waals surface area contributed by atoms with Crippen molar-refractivity contribution in [3.05, 3.63) is 27.8 Å². The van der Waals surface area contributed by atoms with Gasteiger partial charge in [-0.15, -0.1) is 0 Å². The molecule has 5 heteroatoms. The topological polar surface area (TPSA) is 29.5 Å². The molecule has 1 aliphatic rings. The molecule has 1 fully saturated rings. The molecule has 1 saturated heterocycles. The van der Waals surface area contributed by atoms with Crippen LogP contribution >= 0.6 is 22.6 Å². The summed E-state index contributed by atoms with van der Waals surface area (Å²) < 4.78 is 7.15. The monoisotopic (exact) mass is 403 g/mol. The lowest BCUT2D eigenvalue weighted by Gasteiger charge is -2.40. The van der Waals surface area contributed by atoms with E-state index < -0.39 is 5.60 Å². The number of carbonyl (C=O) groups is 1. The average Bonchev–Trinajstić information content (AvgIpc) is 2.39. The van der Waals surface area contributed by atoms with Crippen molar-refractivity contribution in [1.82, 2.24) is 0 Å². The maximum Gasteiger partial charge on any atom is 0.516 e. The Bertz CT molecular complexity index is 500. The van der Waals surface area contributed by atoms with Crippen molar-refractivity contribution in [3.63, 3.8) is 0 Å². The summed E-state index contributed by atoms with van der Waals surface area (Å²) in [7, 11) is 1.97. The average molecular weight is 403 g/mol. The van der Waals surface area contributed by atoms with Crippen molar-refractivity contribution in [1.29, 1.82) is 0 Å². The molecule has 1 aliphatic heterocycles. The Morgan fingerprint density at radius 1 is 1.19 bits per heavy atom. The van der Waals surface area contributed by atoms with Crippen molar-refractivity contribution in [2.75, 3.05) is 38.1 Å². The minimum atomic E-state index is -0.425. The number of anilines is 1. The normalized spacial score (nSPS) is 18.4. The molecule has 21 heavy (non-hydrogen) atoms. The zero-order valence-corrected chi connectivity index (χ0v) is 15.4. The van der Waals surface area contributed by atoms with Gasteiger partial charge in [0.05, 0.1) is 20.1 Å². The summed E-state index contributed by atoms with van der Waals surface area (Å²) in [5, 5.41) is 0. The highest BCUT2D eigenvalue weighted by atomic mass is 127. The Balaban J connectivity index is 1.99. The summed E-state index contributed by atoms with van der Waals surface area (Å²) in [6.07, 6.45) is -0.121. The third-order valence-corrected chi connectivity index (χ3v) is 4.47. The Labute approximate surface area is 140 Å². The van der Waals surface area contributed by atoms with Gasteiger partial charge in [0, 0.05) is 9.26 Å². The van der Waals surface area contributed by atoms with Crippen LogP contribution in [0.25, 0.3) is 0 Å². The molecule has 1 aromatic rings. The van der Waals surface area contributed by atoms with Crippen LogP contribution in [-0.4, -0.2) is 49.4 Å². The van der Waals surface area contributed by atoms with Gasteiger partial charge in [0.1, 0.15) is 18.7 Å². The van der Waals surface area contributed by atoms with E-state index in [4.69, 9.17) is 4.74 Å². The van der Waals surface area contributed by atoms with E-state index in [-0.39, 0.29) is 6.09 Å². The third-order valence-electron chi connectivity index (χ3n) is 3.75. The van der Waals surface area contributed by atoms with E-state index in [2.05, 4.69) is 51.8 Å². The van der Waals surface area contributed by atoms with Crippen LogP contribution in [-0.2, 0) is 4.74 Å². The largest absolute Gasteiger partial charge is 0.516 e. The number of carbonyl (C=O) groups excluding carboxylic acids is 1. The van der Waals surface area contributed by atoms with Crippen molar-refractivity contribution >= 4 is 34.4 Å². The SMILES string of the molecule is CC(C)(C)OC(=O)[N+]1(C)CCN(c2ccc(I)cc2)CC1. The molecule has 4 nitrogen and oxygen atoms in total. The fourth-order valence-electron chi connectivity index (χ4n) is 2.37. The molecule has 0 spiro atoms. The molecule has 116 valence electrons. The first-order chi connectivity index (χ1) is 9.70. The molecule has 0 atom stereocenters. The third kappa shape index (κ3) is 4.32. The van der Waals surface area contributed by atoms with Crippen molar-refractivity contribution in [2.45, 2.75) is 26.4 Å². The maximum absolute atomic E-state index is 12.4. The smallest absolute Gasteiger partial charge is 0.414 e. The molecule has 0 bridgehead atoms. The van der Waals surface area contributed by atoms with E-state index in [1.807, 2.05) is 27.8 Å². The lowest BCUT2D eigenvalue weighted by molar-refractivity contribution is -0.839. The summed E-state index contributed by atoms with van der Waals surface area (Å²) in [4.78, 5) is 14.7. The highest BCUT2D eigenvalue weighted by Gasteiger charge is 2.39. The molecule has 0 saturated carbocycles. The first-order valence-electron chi connectivity index (χ1n) is 7.28. The lowest BCUT2D eigenvalue weighted by atomic mass is 10.2. The van der Waals surface area contributed by atoms with Crippen LogP contribution in [0.3, 0.4) is 0 Å². The van der Waals surface area contributed by atoms with Crippen LogP contribution in [0.15, 0.2) is 24.3 Å². The van der Waals surface area contributed by atoms with Crippen LogP contribution in [0.2, 0.25) is 0 Å².